The molecule has 0 spiro atoms. The molecule has 1 aromatic heterocycles. The third kappa shape index (κ3) is 2.78. The highest BCUT2D eigenvalue weighted by Crippen LogP contribution is 2.17. The van der Waals surface area contributed by atoms with Gasteiger partial charge in [0.25, 0.3) is 5.91 Å². The Bertz CT molecular complexity index is 657. The number of nitrogens with zero attached hydrogens (tertiary/aromatic N) is 2. The van der Waals surface area contributed by atoms with Gasteiger partial charge >= 0.3 is 0 Å². The number of nitrogens with one attached hydrogen (secondary N) is 1. The van der Waals surface area contributed by atoms with Gasteiger partial charge in [0.05, 0.1) is 17.1 Å². The zero-order chi connectivity index (χ0) is 14.8. The first-order valence-electron chi connectivity index (χ1n) is 7.54. The molecule has 0 radical (unpaired) electrons. The first-order chi connectivity index (χ1) is 10.2. The fourth-order valence-corrected chi connectivity index (χ4v) is 2.82. The van der Waals surface area contributed by atoms with Crippen LogP contribution >= 0.6 is 0 Å². The average molecular weight is 287 g/mol. The maximum atomic E-state index is 12.2. The van der Waals surface area contributed by atoms with Crippen molar-refractivity contribution in [2.45, 2.75) is 32.3 Å². The largest absolute Gasteiger partial charge is 0.376 e. The van der Waals surface area contributed by atoms with Gasteiger partial charge in [0, 0.05) is 32.2 Å². The molecule has 1 atom stereocenters. The number of ether oxygens (including phenoxy) is 1. The summed E-state index contributed by atoms with van der Waals surface area (Å²) >= 11 is 0. The Balaban J connectivity index is 1.75. The van der Waals surface area contributed by atoms with Crippen molar-refractivity contribution >= 4 is 16.9 Å². The quantitative estimate of drug-likeness (QED) is 0.936. The molecule has 5 heteroatoms. The third-order valence-electron chi connectivity index (χ3n) is 4.07. The minimum absolute atomic E-state index is 0.0592. The molecule has 2 aromatic rings. The summed E-state index contributed by atoms with van der Waals surface area (Å²) in [5.41, 5.74) is 2.59. The van der Waals surface area contributed by atoms with Gasteiger partial charge in [-0.05, 0) is 31.0 Å². The van der Waals surface area contributed by atoms with Gasteiger partial charge < -0.3 is 14.6 Å². The van der Waals surface area contributed by atoms with Crippen LogP contribution in [0.4, 0.5) is 0 Å². The van der Waals surface area contributed by atoms with Crippen LogP contribution in [-0.2, 0) is 18.2 Å². The van der Waals surface area contributed by atoms with Gasteiger partial charge in [-0.15, -0.1) is 0 Å². The second-order valence-electron chi connectivity index (χ2n) is 5.49. The van der Waals surface area contributed by atoms with Crippen LogP contribution in [-0.4, -0.2) is 34.7 Å². The average Bonchev–Trinajstić information content (AvgIpc) is 3.12. The van der Waals surface area contributed by atoms with E-state index in [0.29, 0.717) is 12.1 Å². The molecule has 1 N–H and O–H groups in total. The Morgan fingerprint density at radius 2 is 2.38 bits per heavy atom. The van der Waals surface area contributed by atoms with E-state index >= 15 is 0 Å². The van der Waals surface area contributed by atoms with Crippen molar-refractivity contribution in [3.63, 3.8) is 0 Å². The van der Waals surface area contributed by atoms with Gasteiger partial charge in [-0.3, -0.25) is 4.79 Å². The van der Waals surface area contributed by atoms with Crippen molar-refractivity contribution in [3.8, 4) is 0 Å². The first-order valence-corrected chi connectivity index (χ1v) is 7.54. The van der Waals surface area contributed by atoms with E-state index in [1.165, 1.54) is 0 Å². The Hall–Kier alpha value is -1.88. The summed E-state index contributed by atoms with van der Waals surface area (Å²) in [5.74, 6) is 0.970. The molecule has 0 unspecified atom stereocenters. The van der Waals surface area contributed by atoms with E-state index in [2.05, 4.69) is 21.8 Å². The summed E-state index contributed by atoms with van der Waals surface area (Å²) in [6.45, 7) is 3.47. The fraction of sp³-hybridized carbons (Fsp3) is 0.500. The summed E-state index contributed by atoms with van der Waals surface area (Å²) < 4.78 is 7.59. The summed E-state index contributed by atoms with van der Waals surface area (Å²) in [6.07, 6.45) is 3.16. The predicted octanol–water partition coefficient (Wildman–Crippen LogP) is 2.04. The van der Waals surface area contributed by atoms with Crippen LogP contribution in [0.15, 0.2) is 18.2 Å². The topological polar surface area (TPSA) is 56.1 Å². The van der Waals surface area contributed by atoms with Crippen LogP contribution in [0.3, 0.4) is 0 Å². The molecule has 1 aliphatic rings. The van der Waals surface area contributed by atoms with Crippen LogP contribution in [0.5, 0.6) is 0 Å². The Morgan fingerprint density at radius 3 is 3.10 bits per heavy atom. The highest BCUT2D eigenvalue weighted by molar-refractivity contribution is 5.97. The summed E-state index contributed by atoms with van der Waals surface area (Å²) in [4.78, 5) is 16.8. The van der Waals surface area contributed by atoms with Gasteiger partial charge in [0.1, 0.15) is 5.82 Å². The molecule has 3 rings (SSSR count). The fourth-order valence-electron chi connectivity index (χ4n) is 2.82. The van der Waals surface area contributed by atoms with Gasteiger partial charge in [-0.1, -0.05) is 6.92 Å². The second-order valence-corrected chi connectivity index (χ2v) is 5.49. The molecule has 2 heterocycles. The highest BCUT2D eigenvalue weighted by Gasteiger charge is 2.17. The Morgan fingerprint density at radius 1 is 1.52 bits per heavy atom. The lowest BCUT2D eigenvalue weighted by Crippen LogP contribution is -2.31. The molecular weight excluding hydrogens is 266 g/mol. The van der Waals surface area contributed by atoms with Gasteiger partial charge in [0.15, 0.2) is 0 Å². The maximum Gasteiger partial charge on any atom is 0.251 e. The number of carbonyl (C=O) groups excluding carboxylic acids is 1. The number of aromatic nitrogens is 2. The maximum absolute atomic E-state index is 12.2. The number of hydrogen-bond donors (Lipinski definition) is 1. The molecule has 0 aliphatic carbocycles. The van der Waals surface area contributed by atoms with E-state index in [9.17, 15) is 4.79 Å². The van der Waals surface area contributed by atoms with E-state index in [4.69, 9.17) is 4.74 Å². The minimum Gasteiger partial charge on any atom is -0.376 e. The summed E-state index contributed by atoms with van der Waals surface area (Å²) in [7, 11) is 2.01. The van der Waals surface area contributed by atoms with E-state index in [0.717, 1.165) is 42.7 Å². The van der Waals surface area contributed by atoms with Crippen molar-refractivity contribution in [2.24, 2.45) is 7.05 Å². The van der Waals surface area contributed by atoms with E-state index in [1.807, 2.05) is 25.2 Å². The lowest BCUT2D eigenvalue weighted by molar-refractivity contribution is 0.0858. The number of fused-ring (bicyclic) bond motifs is 1. The predicted molar refractivity (Wildman–Crippen MR) is 81.4 cm³/mol. The van der Waals surface area contributed by atoms with Crippen molar-refractivity contribution in [3.05, 3.63) is 29.6 Å². The molecule has 0 bridgehead atoms. The van der Waals surface area contributed by atoms with Gasteiger partial charge in [-0.2, -0.15) is 0 Å². The Labute approximate surface area is 124 Å². The van der Waals surface area contributed by atoms with Crippen LogP contribution in [0, 0.1) is 0 Å². The summed E-state index contributed by atoms with van der Waals surface area (Å²) in [6, 6.07) is 5.68. The molecule has 1 aliphatic heterocycles. The molecule has 5 nitrogen and oxygen atoms in total. The lowest BCUT2D eigenvalue weighted by atomic mass is 10.1. The first kappa shape index (κ1) is 14.1. The van der Waals surface area contributed by atoms with Crippen molar-refractivity contribution in [1.82, 2.24) is 14.9 Å². The molecular formula is C16H21N3O2. The molecule has 21 heavy (non-hydrogen) atoms. The molecule has 1 aromatic carbocycles. The number of hydrogen-bond acceptors (Lipinski definition) is 3. The number of amides is 1. The smallest absolute Gasteiger partial charge is 0.251 e. The molecule has 1 fully saturated rings. The highest BCUT2D eigenvalue weighted by atomic mass is 16.5. The zero-order valence-corrected chi connectivity index (χ0v) is 12.6. The zero-order valence-electron chi connectivity index (χ0n) is 12.6. The Kier molecular flexibility index (Phi) is 3.92. The van der Waals surface area contributed by atoms with Crippen LogP contribution in [0.2, 0.25) is 0 Å². The molecule has 1 saturated heterocycles. The number of rotatable bonds is 4. The van der Waals surface area contributed by atoms with Gasteiger partial charge in [-0.25, -0.2) is 4.98 Å². The van der Waals surface area contributed by atoms with Crippen LogP contribution in [0.1, 0.15) is 35.9 Å². The number of imidazole rings is 1. The van der Waals surface area contributed by atoms with E-state index in [-0.39, 0.29) is 12.0 Å². The number of benzene rings is 1. The number of aryl methyl sites for hydroxylation is 2. The standard InChI is InChI=1S/C16H21N3O2/c1-3-15-18-13-9-11(6-7-14(13)19(15)2)16(20)17-10-12-5-4-8-21-12/h6-7,9,12H,3-5,8,10H2,1-2H3,(H,17,20)/t12-/m1/s1. The van der Waals surface area contributed by atoms with Crippen molar-refractivity contribution in [2.75, 3.05) is 13.2 Å². The number of carbonyl (C=O) groups is 1. The van der Waals surface area contributed by atoms with Crippen molar-refractivity contribution in [1.29, 1.82) is 0 Å². The normalized spacial score (nSPS) is 18.3. The monoisotopic (exact) mass is 287 g/mol. The third-order valence-corrected chi connectivity index (χ3v) is 4.07. The molecule has 1 amide bonds. The van der Waals surface area contributed by atoms with Gasteiger partial charge in [0.2, 0.25) is 0 Å². The molecule has 0 saturated carbocycles. The SMILES string of the molecule is CCc1nc2cc(C(=O)NC[C@H]3CCCO3)ccc2n1C. The second kappa shape index (κ2) is 5.85. The van der Waals surface area contributed by atoms with Crippen LogP contribution < -0.4 is 5.32 Å². The minimum atomic E-state index is -0.0592. The summed E-state index contributed by atoms with van der Waals surface area (Å²) in [5, 5.41) is 2.94. The van der Waals surface area contributed by atoms with E-state index in [1.54, 1.807) is 0 Å². The van der Waals surface area contributed by atoms with Crippen LogP contribution in [0.25, 0.3) is 11.0 Å². The molecule has 112 valence electrons. The lowest BCUT2D eigenvalue weighted by Gasteiger charge is -2.10. The van der Waals surface area contributed by atoms with E-state index < -0.39 is 0 Å². The van der Waals surface area contributed by atoms with Crippen molar-refractivity contribution < 1.29 is 9.53 Å².